The van der Waals surface area contributed by atoms with Crippen molar-refractivity contribution in [1.82, 2.24) is 14.7 Å². The molecule has 1 saturated heterocycles. The Morgan fingerprint density at radius 2 is 1.95 bits per heavy atom. The highest BCUT2D eigenvalue weighted by molar-refractivity contribution is 6.05. The van der Waals surface area contributed by atoms with Crippen LogP contribution >= 0.6 is 0 Å². The highest BCUT2D eigenvalue weighted by Crippen LogP contribution is 2.33. The van der Waals surface area contributed by atoms with Crippen LogP contribution in [-0.2, 0) is 16.6 Å². The Morgan fingerprint density at radius 3 is 2.69 bits per heavy atom. The fourth-order valence-corrected chi connectivity index (χ4v) is 5.07. The summed E-state index contributed by atoms with van der Waals surface area (Å²) in [5.74, 6) is -1.07. The number of carbonyl (C=O) groups is 3. The molecule has 0 spiro atoms. The van der Waals surface area contributed by atoms with Gasteiger partial charge >= 0.3 is 0 Å². The highest BCUT2D eigenvalue weighted by Gasteiger charge is 2.39. The Kier molecular flexibility index (Phi) is 7.34. The number of fused-ring (bicyclic) bond motifs is 2. The van der Waals surface area contributed by atoms with Gasteiger partial charge in [0.15, 0.2) is 0 Å². The number of likely N-dealkylation sites (N-methyl/N-ethyl adjacent to an activating group) is 1. The van der Waals surface area contributed by atoms with Crippen LogP contribution in [0.1, 0.15) is 45.7 Å². The summed E-state index contributed by atoms with van der Waals surface area (Å²) in [6.07, 6.45) is 2.46. The summed E-state index contributed by atoms with van der Waals surface area (Å²) in [4.78, 5) is 40.3. The average Bonchev–Trinajstić information content (AvgIpc) is 3.22. The van der Waals surface area contributed by atoms with Crippen LogP contribution in [0.4, 0.5) is 15.8 Å². The van der Waals surface area contributed by atoms with Crippen molar-refractivity contribution in [3.63, 3.8) is 0 Å². The number of amides is 3. The van der Waals surface area contributed by atoms with Crippen molar-refractivity contribution in [3.8, 4) is 5.75 Å². The number of benzene rings is 2. The second-order valence-electron chi connectivity index (χ2n) is 9.90. The average molecular weight is 536 g/mol. The lowest BCUT2D eigenvalue weighted by Gasteiger charge is -2.42. The molecule has 0 bridgehead atoms. The summed E-state index contributed by atoms with van der Waals surface area (Å²) < 4.78 is 27.4. The van der Waals surface area contributed by atoms with Gasteiger partial charge in [-0.3, -0.25) is 19.1 Å². The molecular formula is C28H30FN5O5. The molecule has 1 fully saturated rings. The van der Waals surface area contributed by atoms with Crippen LogP contribution in [0.2, 0.25) is 0 Å². The van der Waals surface area contributed by atoms with Crippen molar-refractivity contribution >= 4 is 29.1 Å². The molecule has 3 atom stereocenters. The maximum atomic E-state index is 13.5. The van der Waals surface area contributed by atoms with Gasteiger partial charge in [-0.1, -0.05) is 6.07 Å². The van der Waals surface area contributed by atoms with Crippen molar-refractivity contribution in [2.24, 2.45) is 7.05 Å². The van der Waals surface area contributed by atoms with Crippen molar-refractivity contribution in [3.05, 3.63) is 71.3 Å². The van der Waals surface area contributed by atoms with E-state index in [4.69, 9.17) is 9.47 Å². The fourth-order valence-electron chi connectivity index (χ4n) is 5.07. The van der Waals surface area contributed by atoms with E-state index < -0.39 is 17.8 Å². The van der Waals surface area contributed by atoms with Crippen LogP contribution < -0.4 is 15.4 Å². The lowest BCUT2D eigenvalue weighted by atomic mass is 9.94. The number of aromatic nitrogens is 2. The number of ether oxygens (including phenoxy) is 2. The lowest BCUT2D eigenvalue weighted by molar-refractivity contribution is -0.130. The first-order chi connectivity index (χ1) is 18.7. The minimum absolute atomic E-state index is 0.163. The van der Waals surface area contributed by atoms with Gasteiger partial charge in [0.25, 0.3) is 11.8 Å². The largest absolute Gasteiger partial charge is 0.490 e. The number of anilines is 2. The lowest BCUT2D eigenvalue weighted by Crippen LogP contribution is -2.53. The van der Waals surface area contributed by atoms with Gasteiger partial charge in [0.1, 0.15) is 24.3 Å². The van der Waals surface area contributed by atoms with Crippen LogP contribution in [0.5, 0.6) is 5.75 Å². The number of hydrogen-bond acceptors (Lipinski definition) is 6. The Balaban J connectivity index is 1.25. The number of halogens is 1. The molecule has 5 rings (SSSR count). The van der Waals surface area contributed by atoms with E-state index in [9.17, 15) is 18.8 Å². The van der Waals surface area contributed by atoms with Crippen LogP contribution in [-0.4, -0.2) is 64.3 Å². The number of carbonyl (C=O) groups excluding carboxylic acids is 3. The third kappa shape index (κ3) is 5.78. The Hall–Kier alpha value is -4.25. The van der Waals surface area contributed by atoms with Crippen molar-refractivity contribution in [2.45, 2.75) is 44.4 Å². The smallest absolute Gasteiger partial charge is 0.257 e. The molecule has 2 N–H and O–H groups in total. The van der Waals surface area contributed by atoms with E-state index in [1.807, 2.05) is 6.92 Å². The van der Waals surface area contributed by atoms with Crippen LogP contribution in [0.3, 0.4) is 0 Å². The van der Waals surface area contributed by atoms with Crippen molar-refractivity contribution in [1.29, 1.82) is 0 Å². The minimum Gasteiger partial charge on any atom is -0.490 e. The van der Waals surface area contributed by atoms with E-state index in [1.54, 1.807) is 48.1 Å². The number of hydrogen-bond donors (Lipinski definition) is 2. The normalized spacial score (nSPS) is 20.7. The van der Waals surface area contributed by atoms with E-state index in [1.165, 1.54) is 18.2 Å². The summed E-state index contributed by atoms with van der Waals surface area (Å²) in [5.41, 5.74) is 2.27. The summed E-state index contributed by atoms with van der Waals surface area (Å²) >= 11 is 0. The summed E-state index contributed by atoms with van der Waals surface area (Å²) in [5, 5.41) is 9.83. The topological polar surface area (TPSA) is 115 Å². The second-order valence-corrected chi connectivity index (χ2v) is 9.90. The molecule has 0 unspecified atom stereocenters. The van der Waals surface area contributed by atoms with Gasteiger partial charge in [-0.05, 0) is 56.2 Å². The van der Waals surface area contributed by atoms with Crippen LogP contribution in [0.15, 0.2) is 48.7 Å². The van der Waals surface area contributed by atoms with Gasteiger partial charge in [0, 0.05) is 31.5 Å². The third-order valence-electron chi connectivity index (χ3n) is 7.06. The van der Waals surface area contributed by atoms with Gasteiger partial charge in [0.05, 0.1) is 35.5 Å². The second kappa shape index (κ2) is 10.9. The molecular weight excluding hydrogens is 505 g/mol. The fraction of sp³-hybridized carbons (Fsp3) is 0.357. The van der Waals surface area contributed by atoms with Gasteiger partial charge in [-0.15, -0.1) is 0 Å². The molecule has 0 radical (unpaired) electrons. The SMILES string of the molecule is Cc1nn(C)cc1NC(=O)C[C@@H]1CC[C@H]2[C@H](COc3ccc(NC(=O)c4cccc(F)c4)cc3C(=O)N2C)O1. The maximum Gasteiger partial charge on any atom is 0.257 e. The zero-order valence-corrected chi connectivity index (χ0v) is 21.9. The van der Waals surface area contributed by atoms with E-state index in [0.29, 0.717) is 35.5 Å². The van der Waals surface area contributed by atoms with Crippen LogP contribution in [0.25, 0.3) is 0 Å². The van der Waals surface area contributed by atoms with Crippen molar-refractivity contribution in [2.75, 3.05) is 24.3 Å². The first kappa shape index (κ1) is 26.4. The van der Waals surface area contributed by atoms with E-state index in [-0.39, 0.29) is 42.6 Å². The quantitative estimate of drug-likeness (QED) is 0.517. The molecule has 0 aliphatic carbocycles. The molecule has 2 aromatic carbocycles. The molecule has 3 amide bonds. The predicted molar refractivity (Wildman–Crippen MR) is 141 cm³/mol. The monoisotopic (exact) mass is 535 g/mol. The highest BCUT2D eigenvalue weighted by atomic mass is 19.1. The summed E-state index contributed by atoms with van der Waals surface area (Å²) in [6, 6.07) is 9.93. The number of aryl methyl sites for hydroxylation is 2. The Bertz CT molecular complexity index is 1420. The standard InChI is InChI=1S/C28H30FN5O5/c1-16-22(14-33(2)32-16)31-26(35)13-20-8-9-23-25(39-20)15-38-24-10-7-19(12-21(24)28(37)34(23)3)30-27(36)17-5-4-6-18(29)11-17/h4-7,10-12,14,20,23,25H,8-9,13,15H2,1-3H3,(H,30,36)(H,31,35)/t20-,23-,25-/m0/s1. The Labute approximate surface area is 225 Å². The summed E-state index contributed by atoms with van der Waals surface area (Å²) in [6.45, 7) is 2.03. The number of nitrogens with zero attached hydrogens (tertiary/aromatic N) is 3. The Morgan fingerprint density at radius 1 is 1.13 bits per heavy atom. The summed E-state index contributed by atoms with van der Waals surface area (Å²) in [7, 11) is 3.51. The molecule has 39 heavy (non-hydrogen) atoms. The van der Waals surface area contributed by atoms with Gasteiger partial charge < -0.3 is 25.0 Å². The molecule has 3 aromatic rings. The van der Waals surface area contributed by atoms with Gasteiger partial charge in [0.2, 0.25) is 5.91 Å². The predicted octanol–water partition coefficient (Wildman–Crippen LogP) is 3.53. The van der Waals surface area contributed by atoms with E-state index in [2.05, 4.69) is 15.7 Å². The molecule has 10 nitrogen and oxygen atoms in total. The first-order valence-corrected chi connectivity index (χ1v) is 12.7. The number of nitrogens with one attached hydrogen (secondary N) is 2. The molecule has 204 valence electrons. The molecule has 3 heterocycles. The van der Waals surface area contributed by atoms with E-state index >= 15 is 0 Å². The third-order valence-corrected chi connectivity index (χ3v) is 7.06. The molecule has 0 saturated carbocycles. The minimum atomic E-state index is -0.512. The van der Waals surface area contributed by atoms with Gasteiger partial charge in [-0.2, -0.15) is 5.10 Å². The molecule has 1 aromatic heterocycles. The zero-order chi connectivity index (χ0) is 27.7. The molecule has 2 aliphatic heterocycles. The molecule has 11 heteroatoms. The maximum absolute atomic E-state index is 13.5. The zero-order valence-electron chi connectivity index (χ0n) is 21.9. The van der Waals surface area contributed by atoms with Crippen molar-refractivity contribution < 1.29 is 28.2 Å². The number of rotatable bonds is 5. The van der Waals surface area contributed by atoms with Crippen LogP contribution in [0, 0.1) is 12.7 Å². The van der Waals surface area contributed by atoms with E-state index in [0.717, 1.165) is 11.8 Å². The van der Waals surface area contributed by atoms with Gasteiger partial charge in [-0.25, -0.2) is 4.39 Å². The molecule has 2 aliphatic rings. The first-order valence-electron chi connectivity index (χ1n) is 12.7.